The summed E-state index contributed by atoms with van der Waals surface area (Å²) in [7, 11) is 0. The molecule has 3 rings (SSSR count). The number of aryl methyl sites for hydroxylation is 1. The first-order valence-electron chi connectivity index (χ1n) is 10.7. The molecule has 3 heterocycles. The summed E-state index contributed by atoms with van der Waals surface area (Å²) >= 11 is 0. The molecule has 8 heteroatoms. The molecule has 1 aromatic heterocycles. The Bertz CT molecular complexity index is 657. The highest BCUT2D eigenvalue weighted by Gasteiger charge is 2.27. The minimum atomic E-state index is -0.150. The molecule has 0 bridgehead atoms. The number of hydrogen-bond donors (Lipinski definition) is 2. The second-order valence-electron chi connectivity index (χ2n) is 7.89. The molecular weight excluding hydrogens is 481 g/mol. The molecule has 0 aromatic carbocycles. The standard InChI is InChI=1S/C21H35N5O2.HI/c1-3-22-21(26-13-7-18(16-26)15-25-11-4-5-12-25)24-10-6-9-23-20(27)19-17(2)8-14-28-19;/h8,14,18H,3-7,9-13,15-16H2,1-2H3,(H,22,24)(H,23,27);1H. The van der Waals surface area contributed by atoms with Crippen LogP contribution in [0.4, 0.5) is 0 Å². The van der Waals surface area contributed by atoms with Gasteiger partial charge < -0.3 is 24.9 Å². The fourth-order valence-electron chi connectivity index (χ4n) is 4.08. The second-order valence-corrected chi connectivity index (χ2v) is 7.89. The van der Waals surface area contributed by atoms with Crippen LogP contribution in [0.2, 0.25) is 0 Å². The smallest absolute Gasteiger partial charge is 0.287 e. The van der Waals surface area contributed by atoms with E-state index in [9.17, 15) is 4.79 Å². The van der Waals surface area contributed by atoms with Crippen molar-refractivity contribution in [3.63, 3.8) is 0 Å². The Hall–Kier alpha value is -1.29. The van der Waals surface area contributed by atoms with E-state index in [1.54, 1.807) is 12.3 Å². The second kappa shape index (κ2) is 12.4. The number of likely N-dealkylation sites (tertiary alicyclic amines) is 2. The monoisotopic (exact) mass is 517 g/mol. The number of nitrogens with one attached hydrogen (secondary N) is 2. The van der Waals surface area contributed by atoms with Crippen molar-refractivity contribution < 1.29 is 9.21 Å². The van der Waals surface area contributed by atoms with Crippen LogP contribution < -0.4 is 10.6 Å². The van der Waals surface area contributed by atoms with Crippen molar-refractivity contribution in [3.05, 3.63) is 23.7 Å². The summed E-state index contributed by atoms with van der Waals surface area (Å²) in [5.74, 6) is 2.01. The predicted molar refractivity (Wildman–Crippen MR) is 127 cm³/mol. The third-order valence-electron chi connectivity index (χ3n) is 5.59. The highest BCUT2D eigenvalue weighted by Crippen LogP contribution is 2.20. The molecule has 1 atom stereocenters. The van der Waals surface area contributed by atoms with Gasteiger partial charge in [-0.1, -0.05) is 0 Å². The van der Waals surface area contributed by atoms with Gasteiger partial charge in [0.15, 0.2) is 11.7 Å². The summed E-state index contributed by atoms with van der Waals surface area (Å²) in [5, 5.41) is 6.34. The van der Waals surface area contributed by atoms with E-state index < -0.39 is 0 Å². The number of rotatable bonds is 8. The molecule has 2 aliphatic rings. The molecule has 2 saturated heterocycles. The Morgan fingerprint density at radius 1 is 1.28 bits per heavy atom. The SMILES string of the molecule is CCNC(=NCCCNC(=O)c1occc1C)N1CCC(CN2CCCC2)C1.I. The van der Waals surface area contributed by atoms with Gasteiger partial charge in [0.05, 0.1) is 6.26 Å². The van der Waals surface area contributed by atoms with E-state index in [4.69, 9.17) is 9.41 Å². The largest absolute Gasteiger partial charge is 0.459 e. The third-order valence-corrected chi connectivity index (χ3v) is 5.59. The maximum atomic E-state index is 12.0. The molecule has 0 spiro atoms. The van der Waals surface area contributed by atoms with E-state index in [2.05, 4.69) is 27.4 Å². The van der Waals surface area contributed by atoms with Crippen LogP contribution in [0, 0.1) is 12.8 Å². The predicted octanol–water partition coefficient (Wildman–Crippen LogP) is 2.71. The highest BCUT2D eigenvalue weighted by atomic mass is 127. The number of guanidine groups is 1. The normalized spacial score (nSPS) is 20.0. The lowest BCUT2D eigenvalue weighted by Gasteiger charge is -2.23. The average molecular weight is 517 g/mol. The van der Waals surface area contributed by atoms with Crippen LogP contribution in [0.15, 0.2) is 21.7 Å². The van der Waals surface area contributed by atoms with Crippen LogP contribution in [-0.2, 0) is 0 Å². The minimum absolute atomic E-state index is 0. The number of carbonyl (C=O) groups excluding carboxylic acids is 1. The molecule has 1 aromatic rings. The van der Waals surface area contributed by atoms with Crippen molar-refractivity contribution in [2.45, 2.75) is 39.5 Å². The number of aliphatic imine (C=N–C) groups is 1. The van der Waals surface area contributed by atoms with Crippen molar-refractivity contribution in [1.82, 2.24) is 20.4 Å². The van der Waals surface area contributed by atoms with Gasteiger partial charge in [0, 0.05) is 44.8 Å². The van der Waals surface area contributed by atoms with Crippen molar-refractivity contribution >= 4 is 35.8 Å². The quantitative estimate of drug-likeness (QED) is 0.240. The van der Waals surface area contributed by atoms with Gasteiger partial charge in [-0.05, 0) is 64.6 Å². The Morgan fingerprint density at radius 3 is 2.76 bits per heavy atom. The van der Waals surface area contributed by atoms with E-state index in [0.717, 1.165) is 43.5 Å². The molecule has 2 aliphatic heterocycles. The van der Waals surface area contributed by atoms with E-state index in [1.807, 2.05) is 6.92 Å². The van der Waals surface area contributed by atoms with Gasteiger partial charge in [-0.3, -0.25) is 9.79 Å². The fraction of sp³-hybridized carbons (Fsp3) is 0.714. The van der Waals surface area contributed by atoms with Crippen molar-refractivity contribution in [2.24, 2.45) is 10.9 Å². The van der Waals surface area contributed by atoms with Gasteiger partial charge in [0.25, 0.3) is 5.91 Å². The van der Waals surface area contributed by atoms with Crippen LogP contribution in [0.3, 0.4) is 0 Å². The first-order chi connectivity index (χ1) is 13.7. The number of nitrogens with zero attached hydrogens (tertiary/aromatic N) is 3. The average Bonchev–Trinajstić information content (AvgIpc) is 3.43. The van der Waals surface area contributed by atoms with Crippen LogP contribution >= 0.6 is 24.0 Å². The Labute approximate surface area is 191 Å². The van der Waals surface area contributed by atoms with Crippen molar-refractivity contribution in [1.29, 1.82) is 0 Å². The molecule has 7 nitrogen and oxygen atoms in total. The molecule has 1 amide bonds. The highest BCUT2D eigenvalue weighted by molar-refractivity contribution is 14.0. The first kappa shape index (κ1) is 24.0. The molecule has 29 heavy (non-hydrogen) atoms. The summed E-state index contributed by atoms with van der Waals surface area (Å²) in [5.41, 5.74) is 0.863. The summed E-state index contributed by atoms with van der Waals surface area (Å²) < 4.78 is 5.22. The van der Waals surface area contributed by atoms with Gasteiger partial charge >= 0.3 is 0 Å². The zero-order valence-electron chi connectivity index (χ0n) is 17.8. The van der Waals surface area contributed by atoms with Crippen LogP contribution in [0.25, 0.3) is 0 Å². The Balaban J connectivity index is 0.00000300. The summed E-state index contributed by atoms with van der Waals surface area (Å²) in [6, 6.07) is 1.80. The molecule has 0 radical (unpaired) electrons. The molecular formula is C21H36IN5O2. The van der Waals surface area contributed by atoms with Gasteiger partial charge in [-0.25, -0.2) is 0 Å². The number of halogens is 1. The van der Waals surface area contributed by atoms with E-state index in [0.29, 0.717) is 18.8 Å². The van der Waals surface area contributed by atoms with Gasteiger partial charge in [-0.2, -0.15) is 0 Å². The van der Waals surface area contributed by atoms with Gasteiger partial charge in [0.2, 0.25) is 0 Å². The fourth-order valence-corrected chi connectivity index (χ4v) is 4.08. The first-order valence-corrected chi connectivity index (χ1v) is 10.7. The lowest BCUT2D eigenvalue weighted by Crippen LogP contribution is -2.41. The van der Waals surface area contributed by atoms with E-state index >= 15 is 0 Å². The van der Waals surface area contributed by atoms with Gasteiger partial charge in [-0.15, -0.1) is 24.0 Å². The maximum Gasteiger partial charge on any atom is 0.287 e. The lowest BCUT2D eigenvalue weighted by molar-refractivity contribution is 0.0925. The van der Waals surface area contributed by atoms with Crippen LogP contribution in [-0.4, -0.2) is 74.0 Å². The third kappa shape index (κ3) is 7.16. The zero-order valence-corrected chi connectivity index (χ0v) is 20.1. The van der Waals surface area contributed by atoms with Crippen LogP contribution in [0.1, 0.15) is 48.7 Å². The zero-order chi connectivity index (χ0) is 19.8. The molecule has 1 unspecified atom stereocenters. The topological polar surface area (TPSA) is 73.1 Å². The molecule has 164 valence electrons. The number of hydrogen-bond acceptors (Lipinski definition) is 4. The summed E-state index contributed by atoms with van der Waals surface area (Å²) in [6.45, 7) is 12.1. The molecule has 0 saturated carbocycles. The van der Waals surface area contributed by atoms with Gasteiger partial charge in [0.1, 0.15) is 0 Å². The Kier molecular flexibility index (Phi) is 10.3. The van der Waals surface area contributed by atoms with Crippen molar-refractivity contribution in [3.8, 4) is 0 Å². The van der Waals surface area contributed by atoms with Crippen molar-refractivity contribution in [2.75, 3.05) is 52.4 Å². The van der Waals surface area contributed by atoms with E-state index in [-0.39, 0.29) is 29.9 Å². The molecule has 0 aliphatic carbocycles. The summed E-state index contributed by atoms with van der Waals surface area (Å²) in [4.78, 5) is 21.8. The number of amides is 1. The maximum absolute atomic E-state index is 12.0. The minimum Gasteiger partial charge on any atom is -0.459 e. The molecule has 2 fully saturated rings. The number of furan rings is 1. The number of carbonyl (C=O) groups is 1. The lowest BCUT2D eigenvalue weighted by atomic mass is 10.1. The Morgan fingerprint density at radius 2 is 2.07 bits per heavy atom. The van der Waals surface area contributed by atoms with E-state index in [1.165, 1.54) is 38.9 Å². The van der Waals surface area contributed by atoms with Crippen LogP contribution in [0.5, 0.6) is 0 Å². The summed E-state index contributed by atoms with van der Waals surface area (Å²) in [6.07, 6.45) is 6.32. The molecule has 2 N–H and O–H groups in total.